The van der Waals surface area contributed by atoms with Crippen LogP contribution >= 0.6 is 0 Å². The number of rotatable bonds is 5. The topological polar surface area (TPSA) is 152 Å². The van der Waals surface area contributed by atoms with Gasteiger partial charge in [0.25, 0.3) is 0 Å². The Bertz CT molecular complexity index is 337. The van der Waals surface area contributed by atoms with E-state index >= 15 is 0 Å². The van der Waals surface area contributed by atoms with Crippen LogP contribution < -0.4 is 0 Å². The molecular formula is C3H9NO8S2. The molecule has 1 atom stereocenters. The van der Waals surface area contributed by atoms with Gasteiger partial charge in [0.2, 0.25) is 0 Å². The minimum Gasteiger partial charge on any atom is -0.394 e. The van der Waals surface area contributed by atoms with E-state index in [0.717, 1.165) is 0 Å². The molecule has 4 N–H and O–H groups in total. The van der Waals surface area contributed by atoms with Gasteiger partial charge in [-0.25, -0.2) is 0 Å². The van der Waals surface area contributed by atoms with E-state index in [4.69, 9.17) is 19.3 Å². The Morgan fingerprint density at radius 2 is 1.43 bits per heavy atom. The zero-order chi connectivity index (χ0) is 11.6. The molecule has 0 radical (unpaired) electrons. The van der Waals surface area contributed by atoms with Gasteiger partial charge in [-0.3, -0.25) is 9.11 Å². The van der Waals surface area contributed by atoms with Crippen molar-refractivity contribution in [1.29, 1.82) is 0 Å². The average Bonchev–Trinajstić information content (AvgIpc) is 1.95. The molecule has 14 heavy (non-hydrogen) atoms. The monoisotopic (exact) mass is 251 g/mol. The van der Waals surface area contributed by atoms with Gasteiger partial charge in [-0.05, 0) is 3.71 Å². The Morgan fingerprint density at radius 3 is 1.64 bits per heavy atom. The van der Waals surface area contributed by atoms with E-state index in [1.54, 1.807) is 0 Å². The van der Waals surface area contributed by atoms with Gasteiger partial charge in [-0.2, -0.15) is 16.8 Å². The third-order valence-electron chi connectivity index (χ3n) is 1.09. The molecule has 0 saturated heterocycles. The second-order valence-corrected chi connectivity index (χ2v) is 5.15. The van der Waals surface area contributed by atoms with Crippen molar-refractivity contribution < 1.29 is 36.2 Å². The number of hydrogen-bond acceptors (Lipinski definition) is 6. The first-order valence-electron chi connectivity index (χ1n) is 3.10. The van der Waals surface area contributed by atoms with E-state index in [1.165, 1.54) is 0 Å². The van der Waals surface area contributed by atoms with Crippen molar-refractivity contribution in [2.24, 2.45) is 0 Å². The molecule has 0 aromatic carbocycles. The Hall–Kier alpha value is -0.300. The van der Waals surface area contributed by atoms with Gasteiger partial charge in [0.05, 0.1) is 19.3 Å². The van der Waals surface area contributed by atoms with Crippen LogP contribution in [0.15, 0.2) is 0 Å². The molecule has 9 nitrogen and oxygen atoms in total. The van der Waals surface area contributed by atoms with Crippen molar-refractivity contribution in [3.8, 4) is 0 Å². The molecule has 0 spiro atoms. The van der Waals surface area contributed by atoms with Crippen molar-refractivity contribution >= 4 is 20.6 Å². The van der Waals surface area contributed by atoms with E-state index in [2.05, 4.69) is 0 Å². The van der Waals surface area contributed by atoms with E-state index in [9.17, 15) is 16.8 Å². The van der Waals surface area contributed by atoms with E-state index in [0.29, 0.717) is 0 Å². The molecule has 0 heterocycles. The first-order valence-corrected chi connectivity index (χ1v) is 5.90. The summed E-state index contributed by atoms with van der Waals surface area (Å²) < 4.78 is 57.4. The number of aliphatic hydroxyl groups excluding tert-OH is 2. The summed E-state index contributed by atoms with van der Waals surface area (Å²) in [5, 5.41) is 17.0. The Balaban J connectivity index is 4.98. The fraction of sp³-hybridized carbons (Fsp3) is 1.00. The molecule has 0 aliphatic rings. The molecule has 0 saturated carbocycles. The third kappa shape index (κ3) is 4.28. The lowest BCUT2D eigenvalue weighted by molar-refractivity contribution is 0.0868. The lowest BCUT2D eigenvalue weighted by Gasteiger charge is -2.16. The van der Waals surface area contributed by atoms with Crippen LogP contribution in [0.3, 0.4) is 0 Å². The Morgan fingerprint density at radius 1 is 1.07 bits per heavy atom. The Labute approximate surface area is 80.3 Å². The summed E-state index contributed by atoms with van der Waals surface area (Å²) in [6.45, 7) is -2.10. The van der Waals surface area contributed by atoms with Crippen molar-refractivity contribution in [3.63, 3.8) is 0 Å². The van der Waals surface area contributed by atoms with Crippen LogP contribution in [0.2, 0.25) is 0 Å². The van der Waals surface area contributed by atoms with Crippen molar-refractivity contribution in [3.05, 3.63) is 0 Å². The molecule has 0 aromatic rings. The summed E-state index contributed by atoms with van der Waals surface area (Å²) in [4.78, 5) is 0. The van der Waals surface area contributed by atoms with Crippen LogP contribution in [0.25, 0.3) is 0 Å². The maximum Gasteiger partial charge on any atom is 0.351 e. The molecule has 0 bridgehead atoms. The summed E-state index contributed by atoms with van der Waals surface area (Å²) in [6.07, 6.45) is -1.74. The maximum absolute atomic E-state index is 10.4. The van der Waals surface area contributed by atoms with Crippen LogP contribution in [-0.4, -0.2) is 59.1 Å². The van der Waals surface area contributed by atoms with Crippen LogP contribution in [-0.2, 0) is 20.6 Å². The minimum atomic E-state index is -5.20. The largest absolute Gasteiger partial charge is 0.394 e. The van der Waals surface area contributed by atoms with Gasteiger partial charge in [0.1, 0.15) is 0 Å². The zero-order valence-electron chi connectivity index (χ0n) is 6.68. The number of hydrogen-bond donors (Lipinski definition) is 4. The molecule has 11 heteroatoms. The number of nitrogens with zero attached hydrogens (tertiary/aromatic N) is 1. The predicted octanol–water partition coefficient (Wildman–Crippen LogP) is -2.75. The lowest BCUT2D eigenvalue weighted by Crippen LogP contribution is -2.42. The molecule has 86 valence electrons. The van der Waals surface area contributed by atoms with Gasteiger partial charge >= 0.3 is 20.6 Å². The SMILES string of the molecule is O=S(=O)(O)N(CC(O)CO)S(=O)(=O)O. The van der Waals surface area contributed by atoms with Gasteiger partial charge in [-0.15, -0.1) is 0 Å². The summed E-state index contributed by atoms with van der Waals surface area (Å²) in [5.41, 5.74) is 0. The summed E-state index contributed by atoms with van der Waals surface area (Å²) >= 11 is 0. The lowest BCUT2D eigenvalue weighted by atomic mass is 10.4. The van der Waals surface area contributed by atoms with Crippen LogP contribution in [0.1, 0.15) is 0 Å². The molecule has 1 unspecified atom stereocenters. The van der Waals surface area contributed by atoms with Gasteiger partial charge in [0, 0.05) is 0 Å². The zero-order valence-corrected chi connectivity index (χ0v) is 8.31. The third-order valence-corrected chi connectivity index (χ3v) is 3.54. The molecule has 0 aliphatic heterocycles. The standard InChI is InChI=1S/C3H9NO8S2/c5-2-3(6)1-4(13(7,8)9)14(10,11)12/h3,5-6H,1-2H2,(H,7,8,9)(H,10,11,12). The molecular weight excluding hydrogens is 242 g/mol. The second-order valence-electron chi connectivity index (χ2n) is 2.25. The van der Waals surface area contributed by atoms with Gasteiger partial charge in [0.15, 0.2) is 0 Å². The normalized spacial score (nSPS) is 15.8. The van der Waals surface area contributed by atoms with Crippen molar-refractivity contribution in [1.82, 2.24) is 3.71 Å². The molecule has 0 amide bonds. The quantitative estimate of drug-likeness (QED) is 0.383. The fourth-order valence-corrected chi connectivity index (χ4v) is 2.21. The average molecular weight is 251 g/mol. The van der Waals surface area contributed by atoms with Gasteiger partial charge in [-0.1, -0.05) is 0 Å². The second kappa shape index (κ2) is 4.48. The molecule has 0 aliphatic carbocycles. The van der Waals surface area contributed by atoms with Crippen LogP contribution in [0.5, 0.6) is 0 Å². The smallest absolute Gasteiger partial charge is 0.351 e. The number of aliphatic hydroxyl groups is 2. The highest BCUT2D eigenvalue weighted by molar-refractivity contribution is 7.98. The molecule has 0 fully saturated rings. The summed E-state index contributed by atoms with van der Waals surface area (Å²) in [7, 11) is -10.4. The molecule has 0 aromatic heterocycles. The highest BCUT2D eigenvalue weighted by atomic mass is 32.3. The highest BCUT2D eigenvalue weighted by Crippen LogP contribution is 2.05. The maximum atomic E-state index is 10.4. The first kappa shape index (κ1) is 13.7. The van der Waals surface area contributed by atoms with E-state index in [-0.39, 0.29) is 0 Å². The van der Waals surface area contributed by atoms with Gasteiger partial charge < -0.3 is 10.2 Å². The van der Waals surface area contributed by atoms with Crippen molar-refractivity contribution in [2.45, 2.75) is 6.10 Å². The fourth-order valence-electron chi connectivity index (χ4n) is 0.537. The predicted molar refractivity (Wildman–Crippen MR) is 42.9 cm³/mol. The first-order chi connectivity index (χ1) is 6.09. The van der Waals surface area contributed by atoms with E-state index < -0.39 is 43.6 Å². The highest BCUT2D eigenvalue weighted by Gasteiger charge is 2.32. The van der Waals surface area contributed by atoms with E-state index in [1.807, 2.05) is 0 Å². The Kier molecular flexibility index (Phi) is 4.38. The van der Waals surface area contributed by atoms with Crippen LogP contribution in [0, 0.1) is 0 Å². The summed E-state index contributed by atoms with van der Waals surface area (Å²) in [5.74, 6) is 0. The van der Waals surface area contributed by atoms with Crippen molar-refractivity contribution in [2.75, 3.05) is 13.2 Å². The molecule has 0 rings (SSSR count). The minimum absolute atomic E-state index is 0.749. The summed E-state index contributed by atoms with van der Waals surface area (Å²) in [6, 6.07) is 0. The van der Waals surface area contributed by atoms with Crippen LogP contribution in [0.4, 0.5) is 0 Å².